The second kappa shape index (κ2) is 11.5. The summed E-state index contributed by atoms with van der Waals surface area (Å²) in [5.74, 6) is 0.232. The first kappa shape index (κ1) is 19.0. The standard InChI is InChI=1S/C19H33NO2/c1-3-5-7-8-10-16-20-17(13-15-19(20)22)12-14-18(21)11-9-6-4-2/h8,10,12,14,17-18,21H,3-7,9,11,13,15-16H2,1-2H3/b10-8-,14-12+. The summed E-state index contributed by atoms with van der Waals surface area (Å²) in [7, 11) is 0. The minimum absolute atomic E-state index is 0.157. The molecular formula is C19H33NO2. The van der Waals surface area contributed by atoms with Gasteiger partial charge in [-0.15, -0.1) is 0 Å². The average molecular weight is 307 g/mol. The van der Waals surface area contributed by atoms with E-state index in [0.29, 0.717) is 13.0 Å². The molecule has 0 aromatic heterocycles. The molecular weight excluding hydrogens is 274 g/mol. The fourth-order valence-electron chi connectivity index (χ4n) is 2.78. The zero-order valence-corrected chi connectivity index (χ0v) is 14.3. The molecule has 0 bridgehead atoms. The first-order valence-corrected chi connectivity index (χ1v) is 8.99. The molecule has 0 aliphatic carbocycles. The van der Waals surface area contributed by atoms with E-state index < -0.39 is 0 Å². The highest BCUT2D eigenvalue weighted by molar-refractivity contribution is 5.79. The first-order chi connectivity index (χ1) is 10.7. The van der Waals surface area contributed by atoms with Crippen molar-refractivity contribution in [2.24, 2.45) is 0 Å². The van der Waals surface area contributed by atoms with Crippen LogP contribution < -0.4 is 0 Å². The third kappa shape index (κ3) is 7.26. The van der Waals surface area contributed by atoms with Gasteiger partial charge in [0.2, 0.25) is 5.91 Å². The summed E-state index contributed by atoms with van der Waals surface area (Å²) in [5.41, 5.74) is 0. The number of hydrogen-bond acceptors (Lipinski definition) is 2. The van der Waals surface area contributed by atoms with Gasteiger partial charge in [-0.05, 0) is 19.3 Å². The van der Waals surface area contributed by atoms with Crippen LogP contribution >= 0.6 is 0 Å². The van der Waals surface area contributed by atoms with Gasteiger partial charge < -0.3 is 10.0 Å². The Morgan fingerprint density at radius 1 is 1.23 bits per heavy atom. The molecule has 1 aliphatic heterocycles. The molecule has 0 aromatic rings. The predicted molar refractivity (Wildman–Crippen MR) is 92.7 cm³/mol. The Morgan fingerprint density at radius 3 is 2.73 bits per heavy atom. The molecule has 0 radical (unpaired) electrons. The van der Waals surface area contributed by atoms with E-state index in [1.807, 2.05) is 17.1 Å². The van der Waals surface area contributed by atoms with Crippen molar-refractivity contribution in [3.63, 3.8) is 0 Å². The zero-order valence-electron chi connectivity index (χ0n) is 14.3. The van der Waals surface area contributed by atoms with Crippen LogP contribution in [0.2, 0.25) is 0 Å². The molecule has 2 atom stereocenters. The number of unbranched alkanes of at least 4 members (excludes halogenated alkanes) is 4. The molecule has 1 N–H and O–H groups in total. The maximum atomic E-state index is 12.0. The quantitative estimate of drug-likeness (QED) is 0.458. The maximum absolute atomic E-state index is 12.0. The minimum Gasteiger partial charge on any atom is -0.389 e. The second-order valence-corrected chi connectivity index (χ2v) is 6.21. The number of carbonyl (C=O) groups is 1. The van der Waals surface area contributed by atoms with E-state index in [1.54, 1.807) is 0 Å². The molecule has 3 nitrogen and oxygen atoms in total. The third-order valence-corrected chi connectivity index (χ3v) is 4.23. The predicted octanol–water partition coefficient (Wildman–Crippen LogP) is 4.22. The fourth-order valence-corrected chi connectivity index (χ4v) is 2.78. The number of likely N-dealkylation sites (tertiary alicyclic amines) is 1. The van der Waals surface area contributed by atoms with Gasteiger partial charge in [0, 0.05) is 13.0 Å². The Morgan fingerprint density at radius 2 is 2.00 bits per heavy atom. The van der Waals surface area contributed by atoms with Crippen molar-refractivity contribution in [3.05, 3.63) is 24.3 Å². The van der Waals surface area contributed by atoms with Crippen LogP contribution in [0.1, 0.15) is 71.6 Å². The maximum Gasteiger partial charge on any atom is 0.223 e. The van der Waals surface area contributed by atoms with Gasteiger partial charge >= 0.3 is 0 Å². The van der Waals surface area contributed by atoms with Crippen LogP contribution in [0.25, 0.3) is 0 Å². The highest BCUT2D eigenvalue weighted by Gasteiger charge is 2.27. The van der Waals surface area contributed by atoms with Crippen molar-refractivity contribution in [1.29, 1.82) is 0 Å². The van der Waals surface area contributed by atoms with E-state index in [9.17, 15) is 9.90 Å². The highest BCUT2D eigenvalue weighted by Crippen LogP contribution is 2.20. The van der Waals surface area contributed by atoms with Crippen LogP contribution in [0.4, 0.5) is 0 Å². The summed E-state index contributed by atoms with van der Waals surface area (Å²) in [6.45, 7) is 5.05. The molecule has 3 heteroatoms. The first-order valence-electron chi connectivity index (χ1n) is 8.99. The third-order valence-electron chi connectivity index (χ3n) is 4.23. The summed E-state index contributed by atoms with van der Waals surface area (Å²) >= 11 is 0. The monoisotopic (exact) mass is 307 g/mol. The summed E-state index contributed by atoms with van der Waals surface area (Å²) in [6, 6.07) is 0.157. The Bertz CT molecular complexity index is 362. The Labute approximate surface area is 136 Å². The van der Waals surface area contributed by atoms with E-state index >= 15 is 0 Å². The number of allylic oxidation sites excluding steroid dienone is 1. The molecule has 1 aliphatic rings. The lowest BCUT2D eigenvalue weighted by Crippen LogP contribution is -2.32. The highest BCUT2D eigenvalue weighted by atomic mass is 16.3. The van der Waals surface area contributed by atoms with Gasteiger partial charge in [-0.1, -0.05) is 70.3 Å². The molecule has 0 spiro atoms. The van der Waals surface area contributed by atoms with Crippen LogP contribution in [0, 0.1) is 0 Å². The molecule has 0 aromatic carbocycles. The lowest BCUT2D eigenvalue weighted by molar-refractivity contribution is -0.127. The van der Waals surface area contributed by atoms with E-state index in [0.717, 1.165) is 25.7 Å². The van der Waals surface area contributed by atoms with Gasteiger partial charge in [0.15, 0.2) is 0 Å². The second-order valence-electron chi connectivity index (χ2n) is 6.21. The van der Waals surface area contributed by atoms with Crippen molar-refractivity contribution in [2.75, 3.05) is 6.54 Å². The molecule has 1 saturated heterocycles. The molecule has 1 rings (SSSR count). The summed E-state index contributed by atoms with van der Waals surface area (Å²) in [5, 5.41) is 9.96. The van der Waals surface area contributed by atoms with Crippen LogP contribution in [0.5, 0.6) is 0 Å². The van der Waals surface area contributed by atoms with E-state index in [1.165, 1.54) is 25.7 Å². The summed E-state index contributed by atoms with van der Waals surface area (Å²) < 4.78 is 0. The molecule has 0 saturated carbocycles. The number of hydrogen-bond donors (Lipinski definition) is 1. The summed E-state index contributed by atoms with van der Waals surface area (Å²) in [6.07, 6.45) is 17.1. The molecule has 1 heterocycles. The fraction of sp³-hybridized carbons (Fsp3) is 0.737. The molecule has 126 valence electrons. The zero-order chi connectivity index (χ0) is 16.2. The molecule has 2 unspecified atom stereocenters. The van der Waals surface area contributed by atoms with Gasteiger partial charge in [-0.2, -0.15) is 0 Å². The van der Waals surface area contributed by atoms with Gasteiger partial charge in [0.1, 0.15) is 0 Å². The molecule has 1 fully saturated rings. The van der Waals surface area contributed by atoms with Crippen LogP contribution in [-0.2, 0) is 4.79 Å². The Balaban J connectivity index is 2.39. The van der Waals surface area contributed by atoms with E-state index in [-0.39, 0.29) is 18.1 Å². The van der Waals surface area contributed by atoms with Gasteiger partial charge in [0.25, 0.3) is 0 Å². The van der Waals surface area contributed by atoms with Crippen LogP contribution in [0.15, 0.2) is 24.3 Å². The molecule has 22 heavy (non-hydrogen) atoms. The topological polar surface area (TPSA) is 40.5 Å². The normalized spacial score (nSPS) is 20.6. The molecule has 1 amide bonds. The van der Waals surface area contributed by atoms with Crippen molar-refractivity contribution < 1.29 is 9.90 Å². The number of rotatable bonds is 11. The number of nitrogens with zero attached hydrogens (tertiary/aromatic N) is 1. The Kier molecular flexibility index (Phi) is 9.89. The lowest BCUT2D eigenvalue weighted by atomic mass is 10.1. The number of aliphatic hydroxyl groups is 1. The van der Waals surface area contributed by atoms with Gasteiger partial charge in [0.05, 0.1) is 12.1 Å². The minimum atomic E-state index is -0.371. The van der Waals surface area contributed by atoms with Crippen LogP contribution in [0.3, 0.4) is 0 Å². The number of amides is 1. The smallest absolute Gasteiger partial charge is 0.223 e. The largest absolute Gasteiger partial charge is 0.389 e. The SMILES string of the molecule is CCCC/C=C\CN1C(=O)CCC1/C=C/C(O)CCCCC. The van der Waals surface area contributed by atoms with Crippen molar-refractivity contribution >= 4 is 5.91 Å². The average Bonchev–Trinajstić information content (AvgIpc) is 2.86. The Hall–Kier alpha value is -1.09. The number of carbonyl (C=O) groups excluding carboxylic acids is 1. The van der Waals surface area contributed by atoms with E-state index in [4.69, 9.17) is 0 Å². The van der Waals surface area contributed by atoms with Crippen molar-refractivity contribution in [2.45, 2.75) is 83.8 Å². The van der Waals surface area contributed by atoms with E-state index in [2.05, 4.69) is 26.0 Å². The van der Waals surface area contributed by atoms with Gasteiger partial charge in [-0.3, -0.25) is 4.79 Å². The van der Waals surface area contributed by atoms with Crippen molar-refractivity contribution in [1.82, 2.24) is 4.90 Å². The lowest BCUT2D eigenvalue weighted by Gasteiger charge is -2.21. The van der Waals surface area contributed by atoms with Crippen LogP contribution in [-0.4, -0.2) is 34.6 Å². The summed E-state index contributed by atoms with van der Waals surface area (Å²) in [4.78, 5) is 13.9. The van der Waals surface area contributed by atoms with Crippen molar-refractivity contribution in [3.8, 4) is 0 Å². The van der Waals surface area contributed by atoms with Gasteiger partial charge in [-0.25, -0.2) is 0 Å². The number of aliphatic hydroxyl groups excluding tert-OH is 1.